The molecule has 2 aromatic carbocycles. The molecule has 0 radical (unpaired) electrons. The topological polar surface area (TPSA) is 37.3 Å². The van der Waals surface area contributed by atoms with Crippen LogP contribution in [-0.4, -0.2) is 17.5 Å². The maximum Gasteiger partial charge on any atom is 0.172 e. The monoisotopic (exact) mass is 286 g/mol. The first kappa shape index (κ1) is 13.3. The van der Waals surface area contributed by atoms with Gasteiger partial charge < -0.3 is 5.11 Å². The molecule has 1 aliphatic carbocycles. The largest absolute Gasteiger partial charge is 0.395 e. The van der Waals surface area contributed by atoms with Gasteiger partial charge in [-0.05, 0) is 42.2 Å². The molecule has 102 valence electrons. The Morgan fingerprint density at radius 2 is 1.90 bits per heavy atom. The number of aliphatic hydroxyl groups excluding tert-OH is 1. The Labute approximate surface area is 123 Å². The van der Waals surface area contributed by atoms with Crippen molar-refractivity contribution < 1.29 is 9.90 Å². The van der Waals surface area contributed by atoms with Crippen LogP contribution < -0.4 is 0 Å². The van der Waals surface area contributed by atoms with Crippen LogP contribution in [-0.2, 0) is 12.8 Å². The number of carbonyl (C=O) groups is 1. The molecule has 0 saturated heterocycles. The van der Waals surface area contributed by atoms with E-state index in [-0.39, 0.29) is 12.4 Å². The molecule has 0 aliphatic heterocycles. The van der Waals surface area contributed by atoms with E-state index in [2.05, 4.69) is 0 Å². The number of hydrogen-bond acceptors (Lipinski definition) is 2. The van der Waals surface area contributed by atoms with Crippen LogP contribution in [0.25, 0.3) is 0 Å². The number of hydrogen-bond donors (Lipinski definition) is 1. The predicted molar refractivity (Wildman–Crippen MR) is 79.2 cm³/mol. The van der Waals surface area contributed by atoms with E-state index in [9.17, 15) is 9.90 Å². The smallest absolute Gasteiger partial charge is 0.172 e. The number of Topliss-reactive ketones (excluding diaryl/α,β-unsaturated/α-hetero) is 1. The number of fused-ring (bicyclic) bond motifs is 1. The van der Waals surface area contributed by atoms with Crippen LogP contribution in [0.2, 0.25) is 5.02 Å². The molecular weight excluding hydrogens is 272 g/mol. The van der Waals surface area contributed by atoms with Crippen LogP contribution in [0.4, 0.5) is 0 Å². The van der Waals surface area contributed by atoms with Gasteiger partial charge in [-0.1, -0.05) is 41.9 Å². The summed E-state index contributed by atoms with van der Waals surface area (Å²) in [5.41, 5.74) is 1.95. The van der Waals surface area contributed by atoms with Crippen molar-refractivity contribution in [1.29, 1.82) is 0 Å². The Balaban J connectivity index is 1.98. The number of halogens is 1. The molecule has 0 fully saturated rings. The fraction of sp³-hybridized carbons (Fsp3) is 0.235. The van der Waals surface area contributed by atoms with E-state index in [1.807, 2.05) is 36.4 Å². The first-order valence-corrected chi connectivity index (χ1v) is 7.00. The van der Waals surface area contributed by atoms with Crippen molar-refractivity contribution in [1.82, 2.24) is 0 Å². The van der Waals surface area contributed by atoms with Gasteiger partial charge in [0.15, 0.2) is 5.78 Å². The fourth-order valence-corrected chi connectivity index (χ4v) is 3.17. The van der Waals surface area contributed by atoms with Crippen molar-refractivity contribution in [2.75, 3.05) is 6.61 Å². The summed E-state index contributed by atoms with van der Waals surface area (Å²) in [6, 6.07) is 15.1. The van der Waals surface area contributed by atoms with Crippen molar-refractivity contribution in [3.8, 4) is 0 Å². The minimum atomic E-state index is -0.742. The number of carbonyl (C=O) groups excluding carboxylic acids is 1. The van der Waals surface area contributed by atoms with Gasteiger partial charge in [0.2, 0.25) is 0 Å². The van der Waals surface area contributed by atoms with E-state index in [1.165, 1.54) is 0 Å². The second kappa shape index (κ2) is 5.04. The number of ketones is 1. The van der Waals surface area contributed by atoms with Gasteiger partial charge in [-0.2, -0.15) is 0 Å². The lowest BCUT2D eigenvalue weighted by molar-refractivity contribution is 0.0677. The second-order valence-corrected chi connectivity index (χ2v) is 5.84. The predicted octanol–water partition coefficient (Wildman–Crippen LogP) is 3.30. The van der Waals surface area contributed by atoms with Crippen LogP contribution in [0.1, 0.15) is 21.5 Å². The minimum absolute atomic E-state index is 0.0236. The van der Waals surface area contributed by atoms with Crippen LogP contribution in [0.3, 0.4) is 0 Å². The average molecular weight is 287 g/mol. The molecule has 3 rings (SSSR count). The SMILES string of the molecule is O=C1c2ccc(Cl)cc2CC1(CO)Cc1ccccc1. The second-order valence-electron chi connectivity index (χ2n) is 5.41. The first-order chi connectivity index (χ1) is 9.64. The van der Waals surface area contributed by atoms with Gasteiger partial charge in [0.05, 0.1) is 12.0 Å². The van der Waals surface area contributed by atoms with Crippen LogP contribution in [0.5, 0.6) is 0 Å². The number of benzene rings is 2. The molecule has 0 saturated carbocycles. The Kier molecular flexibility index (Phi) is 3.36. The third kappa shape index (κ3) is 2.15. The molecular formula is C17H15ClO2. The van der Waals surface area contributed by atoms with Gasteiger partial charge in [0.25, 0.3) is 0 Å². The van der Waals surface area contributed by atoms with Gasteiger partial charge in [0, 0.05) is 10.6 Å². The normalized spacial score (nSPS) is 21.0. The van der Waals surface area contributed by atoms with Gasteiger partial charge in [-0.3, -0.25) is 4.79 Å². The standard InChI is InChI=1S/C17H15ClO2/c18-14-6-7-15-13(8-14)10-17(11-19,16(15)20)9-12-4-2-1-3-5-12/h1-8,19H,9-11H2. The fourth-order valence-electron chi connectivity index (χ4n) is 2.97. The summed E-state index contributed by atoms with van der Waals surface area (Å²) in [4.78, 5) is 12.7. The number of rotatable bonds is 3. The molecule has 0 amide bonds. The molecule has 0 bridgehead atoms. The van der Waals surface area contributed by atoms with Crippen LogP contribution >= 0.6 is 11.6 Å². The Morgan fingerprint density at radius 3 is 2.60 bits per heavy atom. The molecule has 1 N–H and O–H groups in total. The van der Waals surface area contributed by atoms with Gasteiger partial charge in [-0.15, -0.1) is 0 Å². The van der Waals surface area contributed by atoms with Crippen LogP contribution in [0.15, 0.2) is 48.5 Å². The van der Waals surface area contributed by atoms with E-state index in [4.69, 9.17) is 11.6 Å². The summed E-state index contributed by atoms with van der Waals surface area (Å²) in [6.07, 6.45) is 1.10. The van der Waals surface area contributed by atoms with E-state index in [0.29, 0.717) is 23.4 Å². The van der Waals surface area contributed by atoms with Gasteiger partial charge >= 0.3 is 0 Å². The van der Waals surface area contributed by atoms with Gasteiger partial charge in [-0.25, -0.2) is 0 Å². The summed E-state index contributed by atoms with van der Waals surface area (Å²) >= 11 is 5.99. The first-order valence-electron chi connectivity index (χ1n) is 6.63. The van der Waals surface area contributed by atoms with E-state index < -0.39 is 5.41 Å². The Bertz CT molecular complexity index is 651. The zero-order valence-electron chi connectivity index (χ0n) is 11.0. The zero-order valence-corrected chi connectivity index (χ0v) is 11.7. The highest BCUT2D eigenvalue weighted by Crippen LogP contribution is 2.40. The summed E-state index contributed by atoms with van der Waals surface area (Å²) < 4.78 is 0. The quantitative estimate of drug-likeness (QED) is 0.940. The molecule has 1 aliphatic rings. The van der Waals surface area contributed by atoms with E-state index in [0.717, 1.165) is 11.1 Å². The van der Waals surface area contributed by atoms with E-state index >= 15 is 0 Å². The summed E-state index contributed by atoms with van der Waals surface area (Å²) in [5, 5.41) is 10.5. The third-order valence-electron chi connectivity index (χ3n) is 4.01. The Hall–Kier alpha value is -1.64. The molecule has 1 atom stereocenters. The maximum atomic E-state index is 12.7. The lowest BCUT2D eigenvalue weighted by Crippen LogP contribution is -2.34. The lowest BCUT2D eigenvalue weighted by atomic mass is 9.79. The van der Waals surface area contributed by atoms with Crippen LogP contribution in [0, 0.1) is 5.41 Å². The molecule has 1 unspecified atom stereocenters. The van der Waals surface area contributed by atoms with Crippen molar-refractivity contribution in [2.45, 2.75) is 12.8 Å². The zero-order chi connectivity index (χ0) is 14.2. The highest BCUT2D eigenvalue weighted by atomic mass is 35.5. The summed E-state index contributed by atoms with van der Waals surface area (Å²) in [5.74, 6) is 0.0236. The lowest BCUT2D eigenvalue weighted by Gasteiger charge is -2.24. The highest BCUT2D eigenvalue weighted by molar-refractivity contribution is 6.30. The van der Waals surface area contributed by atoms with Crippen molar-refractivity contribution in [2.24, 2.45) is 5.41 Å². The Morgan fingerprint density at radius 1 is 1.15 bits per heavy atom. The minimum Gasteiger partial charge on any atom is -0.395 e. The maximum absolute atomic E-state index is 12.7. The van der Waals surface area contributed by atoms with Crippen molar-refractivity contribution in [3.05, 3.63) is 70.2 Å². The molecule has 20 heavy (non-hydrogen) atoms. The third-order valence-corrected chi connectivity index (χ3v) is 4.25. The summed E-state index contributed by atoms with van der Waals surface area (Å²) in [6.45, 7) is -0.146. The van der Waals surface area contributed by atoms with E-state index in [1.54, 1.807) is 12.1 Å². The molecule has 0 aromatic heterocycles. The average Bonchev–Trinajstić information content (AvgIpc) is 2.73. The summed E-state index contributed by atoms with van der Waals surface area (Å²) in [7, 11) is 0. The van der Waals surface area contributed by atoms with Crippen molar-refractivity contribution in [3.63, 3.8) is 0 Å². The number of aliphatic hydroxyl groups is 1. The van der Waals surface area contributed by atoms with Crippen molar-refractivity contribution >= 4 is 17.4 Å². The molecule has 0 heterocycles. The molecule has 2 nitrogen and oxygen atoms in total. The molecule has 2 aromatic rings. The molecule has 3 heteroatoms. The highest BCUT2D eigenvalue weighted by Gasteiger charge is 2.45. The molecule has 0 spiro atoms. The van der Waals surface area contributed by atoms with Gasteiger partial charge in [0.1, 0.15) is 0 Å².